The molecule has 0 radical (unpaired) electrons. The first-order valence-corrected chi connectivity index (χ1v) is 5.41. The third kappa shape index (κ3) is 3.70. The van der Waals surface area contributed by atoms with Gasteiger partial charge in [-0.2, -0.15) is 0 Å². The third-order valence-electron chi connectivity index (χ3n) is 1.54. The van der Waals surface area contributed by atoms with Crippen LogP contribution in [0.5, 0.6) is 0 Å². The number of rotatable bonds is 2. The van der Waals surface area contributed by atoms with Gasteiger partial charge in [0.15, 0.2) is 5.17 Å². The lowest BCUT2D eigenvalue weighted by atomic mass is 10.2. The minimum absolute atomic E-state index is 0.606. The van der Waals surface area contributed by atoms with Crippen LogP contribution in [0.25, 0.3) is 0 Å². The van der Waals surface area contributed by atoms with E-state index in [0.29, 0.717) is 11.7 Å². The molecule has 0 aromatic heterocycles. The summed E-state index contributed by atoms with van der Waals surface area (Å²) in [6.07, 6.45) is 1.90. The molecule has 0 saturated heterocycles. The van der Waals surface area contributed by atoms with Crippen LogP contribution < -0.4 is 5.73 Å². The van der Waals surface area contributed by atoms with Crippen LogP contribution in [0.3, 0.4) is 0 Å². The Kier molecular flexibility index (Phi) is 4.12. The fraction of sp³-hybridized carbons (Fsp3) is 0.222. The molecule has 0 spiro atoms. The van der Waals surface area contributed by atoms with Crippen LogP contribution in [0.2, 0.25) is 5.02 Å². The van der Waals surface area contributed by atoms with E-state index >= 15 is 0 Å². The van der Waals surface area contributed by atoms with Gasteiger partial charge in [0.1, 0.15) is 0 Å². The Morgan fingerprint density at radius 3 is 2.62 bits per heavy atom. The minimum Gasteiger partial charge on any atom is -0.379 e. The smallest absolute Gasteiger partial charge is 0.153 e. The molecular formula is C9H11ClN2S. The predicted molar refractivity (Wildman–Crippen MR) is 60.3 cm³/mol. The summed E-state index contributed by atoms with van der Waals surface area (Å²) >= 11 is 7.19. The highest BCUT2D eigenvalue weighted by Crippen LogP contribution is 2.10. The van der Waals surface area contributed by atoms with E-state index in [-0.39, 0.29) is 0 Å². The second kappa shape index (κ2) is 5.14. The topological polar surface area (TPSA) is 38.4 Å². The summed E-state index contributed by atoms with van der Waals surface area (Å²) < 4.78 is 0. The van der Waals surface area contributed by atoms with Crippen LogP contribution in [0.4, 0.5) is 0 Å². The lowest BCUT2D eigenvalue weighted by molar-refractivity contribution is 1.07. The highest BCUT2D eigenvalue weighted by molar-refractivity contribution is 8.13. The average molecular weight is 215 g/mol. The van der Waals surface area contributed by atoms with E-state index in [1.54, 1.807) is 0 Å². The molecule has 0 amide bonds. The minimum atomic E-state index is 0.606. The maximum atomic E-state index is 5.74. The predicted octanol–water partition coefficient (Wildman–Crippen LogP) is 2.52. The molecule has 0 atom stereocenters. The second-order valence-corrected chi connectivity index (χ2v) is 3.75. The van der Waals surface area contributed by atoms with E-state index in [1.165, 1.54) is 11.8 Å². The van der Waals surface area contributed by atoms with Crippen molar-refractivity contribution >= 4 is 28.5 Å². The normalized spacial score (nSPS) is 11.7. The number of halogens is 1. The van der Waals surface area contributed by atoms with Crippen LogP contribution >= 0.6 is 23.4 Å². The Morgan fingerprint density at radius 1 is 1.46 bits per heavy atom. The number of benzene rings is 1. The number of nitrogens with two attached hydrogens (primary N) is 1. The van der Waals surface area contributed by atoms with Gasteiger partial charge in [0.05, 0.1) is 6.54 Å². The number of amidine groups is 1. The Bertz CT molecular complexity index is 295. The molecule has 1 aromatic carbocycles. The average Bonchev–Trinajstić information content (AvgIpc) is 2.16. The van der Waals surface area contributed by atoms with Gasteiger partial charge >= 0.3 is 0 Å². The van der Waals surface area contributed by atoms with Crippen LogP contribution in [0.1, 0.15) is 5.56 Å². The van der Waals surface area contributed by atoms with Gasteiger partial charge in [0.2, 0.25) is 0 Å². The van der Waals surface area contributed by atoms with Gasteiger partial charge in [-0.05, 0) is 24.0 Å². The molecule has 0 fully saturated rings. The SMILES string of the molecule is CSC(N)=NCc1ccc(Cl)cc1. The van der Waals surface area contributed by atoms with Gasteiger partial charge in [-0.3, -0.25) is 4.99 Å². The van der Waals surface area contributed by atoms with Crippen LogP contribution in [-0.4, -0.2) is 11.4 Å². The summed E-state index contributed by atoms with van der Waals surface area (Å²) in [4.78, 5) is 4.16. The number of hydrogen-bond acceptors (Lipinski definition) is 2. The zero-order valence-corrected chi connectivity index (χ0v) is 8.90. The Balaban J connectivity index is 2.60. The van der Waals surface area contributed by atoms with Crippen LogP contribution in [-0.2, 0) is 6.54 Å². The van der Waals surface area contributed by atoms with Gasteiger partial charge in [-0.1, -0.05) is 35.5 Å². The molecule has 2 nitrogen and oxygen atoms in total. The molecule has 0 aliphatic rings. The first-order chi connectivity index (χ1) is 6.22. The summed E-state index contributed by atoms with van der Waals surface area (Å²) in [6, 6.07) is 7.59. The molecule has 0 aliphatic carbocycles. The number of thioether (sulfide) groups is 1. The Labute approximate surface area is 87.2 Å². The van der Waals surface area contributed by atoms with Crippen molar-refractivity contribution in [3.63, 3.8) is 0 Å². The molecule has 4 heteroatoms. The summed E-state index contributed by atoms with van der Waals surface area (Å²) in [5.74, 6) is 0. The molecule has 1 rings (SSSR count). The van der Waals surface area contributed by atoms with Gasteiger partial charge in [0, 0.05) is 5.02 Å². The van der Waals surface area contributed by atoms with Gasteiger partial charge in [-0.15, -0.1) is 0 Å². The number of nitrogens with zero attached hydrogens (tertiary/aromatic N) is 1. The van der Waals surface area contributed by atoms with E-state index in [0.717, 1.165) is 10.6 Å². The van der Waals surface area contributed by atoms with Gasteiger partial charge in [-0.25, -0.2) is 0 Å². The first-order valence-electron chi connectivity index (χ1n) is 3.80. The maximum Gasteiger partial charge on any atom is 0.153 e. The summed E-state index contributed by atoms with van der Waals surface area (Å²) in [5, 5.41) is 1.35. The quantitative estimate of drug-likeness (QED) is 0.607. The van der Waals surface area contributed by atoms with Crippen molar-refractivity contribution in [2.24, 2.45) is 10.7 Å². The molecule has 70 valence electrons. The van der Waals surface area contributed by atoms with E-state index in [2.05, 4.69) is 4.99 Å². The van der Waals surface area contributed by atoms with Crippen LogP contribution in [0, 0.1) is 0 Å². The Hall–Kier alpha value is -0.670. The molecule has 1 aromatic rings. The summed E-state index contributed by atoms with van der Waals surface area (Å²) in [7, 11) is 0. The first kappa shape index (κ1) is 10.4. The van der Waals surface area contributed by atoms with Crippen molar-refractivity contribution in [3.05, 3.63) is 34.9 Å². The fourth-order valence-electron chi connectivity index (χ4n) is 0.824. The molecule has 0 unspecified atom stereocenters. The lowest BCUT2D eigenvalue weighted by Crippen LogP contribution is -2.05. The zero-order chi connectivity index (χ0) is 9.68. The fourth-order valence-corrected chi connectivity index (χ4v) is 1.14. The Morgan fingerprint density at radius 2 is 2.08 bits per heavy atom. The van der Waals surface area contributed by atoms with Crippen molar-refractivity contribution in [3.8, 4) is 0 Å². The van der Waals surface area contributed by atoms with Gasteiger partial charge < -0.3 is 5.73 Å². The van der Waals surface area contributed by atoms with Crippen molar-refractivity contribution in [1.29, 1.82) is 0 Å². The maximum absolute atomic E-state index is 5.74. The highest BCUT2D eigenvalue weighted by atomic mass is 35.5. The molecule has 0 bridgehead atoms. The van der Waals surface area contributed by atoms with Crippen molar-refractivity contribution < 1.29 is 0 Å². The van der Waals surface area contributed by atoms with Crippen molar-refractivity contribution in [2.45, 2.75) is 6.54 Å². The second-order valence-electron chi connectivity index (χ2n) is 2.49. The van der Waals surface area contributed by atoms with Gasteiger partial charge in [0.25, 0.3) is 0 Å². The van der Waals surface area contributed by atoms with Crippen molar-refractivity contribution in [1.82, 2.24) is 0 Å². The molecule has 0 heterocycles. The van der Waals surface area contributed by atoms with Crippen molar-refractivity contribution in [2.75, 3.05) is 6.26 Å². The molecule has 0 saturated carbocycles. The number of aliphatic imine (C=N–C) groups is 1. The van der Waals surface area contributed by atoms with E-state index < -0.39 is 0 Å². The lowest BCUT2D eigenvalue weighted by Gasteiger charge is -1.97. The standard InChI is InChI=1S/C9H11ClN2S/c1-13-9(11)12-6-7-2-4-8(10)5-3-7/h2-5H,6H2,1H3,(H2,11,12). The highest BCUT2D eigenvalue weighted by Gasteiger charge is 1.92. The largest absolute Gasteiger partial charge is 0.379 e. The molecule has 2 N–H and O–H groups in total. The third-order valence-corrected chi connectivity index (χ3v) is 2.34. The van der Waals surface area contributed by atoms with Crippen LogP contribution in [0.15, 0.2) is 29.3 Å². The van der Waals surface area contributed by atoms with E-state index in [4.69, 9.17) is 17.3 Å². The molecular weight excluding hydrogens is 204 g/mol. The summed E-state index contributed by atoms with van der Waals surface area (Å²) in [5.41, 5.74) is 6.65. The molecule has 13 heavy (non-hydrogen) atoms. The number of hydrogen-bond donors (Lipinski definition) is 1. The zero-order valence-electron chi connectivity index (χ0n) is 7.33. The molecule has 0 aliphatic heterocycles. The monoisotopic (exact) mass is 214 g/mol. The van der Waals surface area contributed by atoms with E-state index in [9.17, 15) is 0 Å². The van der Waals surface area contributed by atoms with E-state index in [1.807, 2.05) is 30.5 Å². The summed E-state index contributed by atoms with van der Waals surface area (Å²) in [6.45, 7) is 0.615.